The molecule has 5 heteroatoms. The average molecular weight is 322 g/mol. The first-order valence-corrected chi connectivity index (χ1v) is 6.18. The first-order chi connectivity index (χ1) is 9.08. The zero-order valence-electron chi connectivity index (χ0n) is 9.68. The Kier molecular flexibility index (Phi) is 4.06. The molecule has 1 N–H and O–H groups in total. The Balaban J connectivity index is 2.39. The zero-order valence-corrected chi connectivity index (χ0v) is 11.3. The van der Waals surface area contributed by atoms with Crippen molar-refractivity contribution in [2.24, 2.45) is 4.99 Å². The van der Waals surface area contributed by atoms with Crippen LogP contribution in [0.2, 0.25) is 0 Å². The first-order valence-electron chi connectivity index (χ1n) is 5.39. The summed E-state index contributed by atoms with van der Waals surface area (Å²) in [5.41, 5.74) is 0.641. The molecule has 0 aliphatic carbocycles. The highest BCUT2D eigenvalue weighted by Gasteiger charge is 2.09. The van der Waals surface area contributed by atoms with Gasteiger partial charge in [-0.15, -0.1) is 0 Å². The van der Waals surface area contributed by atoms with Crippen LogP contribution < -0.4 is 0 Å². The van der Waals surface area contributed by atoms with Crippen LogP contribution in [-0.4, -0.2) is 17.3 Å². The Morgan fingerprint density at radius 1 is 1.26 bits per heavy atom. The minimum atomic E-state index is -1.08. The van der Waals surface area contributed by atoms with Crippen LogP contribution in [0.4, 0.5) is 10.1 Å². The van der Waals surface area contributed by atoms with Gasteiger partial charge in [0, 0.05) is 16.3 Å². The fourth-order valence-electron chi connectivity index (χ4n) is 1.51. The van der Waals surface area contributed by atoms with Crippen molar-refractivity contribution in [1.29, 1.82) is 0 Å². The van der Waals surface area contributed by atoms with E-state index in [2.05, 4.69) is 20.9 Å². The van der Waals surface area contributed by atoms with Crippen molar-refractivity contribution in [1.82, 2.24) is 0 Å². The van der Waals surface area contributed by atoms with Gasteiger partial charge >= 0.3 is 5.97 Å². The molecule has 0 bridgehead atoms. The van der Waals surface area contributed by atoms with E-state index < -0.39 is 11.8 Å². The van der Waals surface area contributed by atoms with E-state index in [-0.39, 0.29) is 11.3 Å². The quantitative estimate of drug-likeness (QED) is 0.867. The lowest BCUT2D eigenvalue weighted by Gasteiger charge is -2.01. The molecule has 0 amide bonds. The predicted molar refractivity (Wildman–Crippen MR) is 74.8 cm³/mol. The zero-order chi connectivity index (χ0) is 13.8. The second kappa shape index (κ2) is 5.75. The molecule has 0 aromatic heterocycles. The summed E-state index contributed by atoms with van der Waals surface area (Å²) in [6, 6.07) is 10.8. The Labute approximate surface area is 117 Å². The first kappa shape index (κ1) is 13.4. The average Bonchev–Trinajstić information content (AvgIpc) is 2.38. The van der Waals surface area contributed by atoms with E-state index in [0.29, 0.717) is 10.0 Å². The molecule has 2 rings (SSSR count). The van der Waals surface area contributed by atoms with Crippen molar-refractivity contribution in [3.8, 4) is 0 Å². The van der Waals surface area contributed by atoms with Crippen molar-refractivity contribution >= 4 is 33.8 Å². The number of aromatic carboxylic acids is 1. The number of halogens is 2. The van der Waals surface area contributed by atoms with Gasteiger partial charge in [-0.3, -0.25) is 4.99 Å². The summed E-state index contributed by atoms with van der Waals surface area (Å²) in [5, 5.41) is 9.07. The normalized spacial score (nSPS) is 10.8. The van der Waals surface area contributed by atoms with Crippen LogP contribution in [0, 0.1) is 5.82 Å². The molecule has 3 nitrogen and oxygen atoms in total. The SMILES string of the molecule is O=C(O)c1cc(Br)ccc1N=Cc1ccccc1F. The van der Waals surface area contributed by atoms with E-state index in [9.17, 15) is 9.18 Å². The number of nitrogens with zero attached hydrogens (tertiary/aromatic N) is 1. The highest BCUT2D eigenvalue weighted by molar-refractivity contribution is 9.10. The molecule has 96 valence electrons. The molecule has 19 heavy (non-hydrogen) atoms. The number of carboxylic acids is 1. The van der Waals surface area contributed by atoms with Crippen molar-refractivity contribution < 1.29 is 14.3 Å². The predicted octanol–water partition coefficient (Wildman–Crippen LogP) is 4.04. The maximum atomic E-state index is 13.4. The second-order valence-electron chi connectivity index (χ2n) is 3.75. The number of hydrogen-bond donors (Lipinski definition) is 1. The topological polar surface area (TPSA) is 49.7 Å². The molecule has 0 aliphatic heterocycles. The summed E-state index contributed by atoms with van der Waals surface area (Å²) in [7, 11) is 0. The summed E-state index contributed by atoms with van der Waals surface area (Å²) < 4.78 is 14.0. The largest absolute Gasteiger partial charge is 0.478 e. The van der Waals surface area contributed by atoms with E-state index in [0.717, 1.165) is 0 Å². The minimum Gasteiger partial charge on any atom is -0.478 e. The van der Waals surface area contributed by atoms with E-state index in [1.54, 1.807) is 30.3 Å². The van der Waals surface area contributed by atoms with Crippen LogP contribution in [0.25, 0.3) is 0 Å². The Hall–Kier alpha value is -2.01. The number of rotatable bonds is 3. The number of aliphatic imine (C=N–C) groups is 1. The van der Waals surface area contributed by atoms with Gasteiger partial charge in [0.1, 0.15) is 5.82 Å². The van der Waals surface area contributed by atoms with Crippen molar-refractivity contribution in [3.05, 3.63) is 63.9 Å². The van der Waals surface area contributed by atoms with E-state index in [1.165, 1.54) is 18.3 Å². The Morgan fingerprint density at radius 3 is 2.68 bits per heavy atom. The second-order valence-corrected chi connectivity index (χ2v) is 4.66. The van der Waals surface area contributed by atoms with Crippen LogP contribution in [0.1, 0.15) is 15.9 Å². The fourth-order valence-corrected chi connectivity index (χ4v) is 1.87. The van der Waals surface area contributed by atoms with Gasteiger partial charge in [0.15, 0.2) is 0 Å². The monoisotopic (exact) mass is 321 g/mol. The fraction of sp³-hybridized carbons (Fsp3) is 0. The molecule has 0 saturated carbocycles. The highest BCUT2D eigenvalue weighted by Crippen LogP contribution is 2.23. The molecule has 0 heterocycles. The standard InChI is InChI=1S/C14H9BrFNO2/c15-10-5-6-13(11(7-10)14(18)19)17-8-9-3-1-2-4-12(9)16/h1-8H,(H,18,19). The van der Waals surface area contributed by atoms with Gasteiger partial charge in [0.05, 0.1) is 11.3 Å². The lowest BCUT2D eigenvalue weighted by molar-refractivity contribution is 0.0698. The third-order valence-electron chi connectivity index (χ3n) is 2.44. The Morgan fingerprint density at radius 2 is 2.00 bits per heavy atom. The summed E-state index contributed by atoms with van der Waals surface area (Å²) >= 11 is 3.20. The Bertz CT molecular complexity index is 656. The summed E-state index contributed by atoms with van der Waals surface area (Å²) in [4.78, 5) is 15.1. The van der Waals surface area contributed by atoms with Gasteiger partial charge < -0.3 is 5.11 Å². The van der Waals surface area contributed by atoms with Crippen molar-refractivity contribution in [3.63, 3.8) is 0 Å². The highest BCUT2D eigenvalue weighted by atomic mass is 79.9. The van der Waals surface area contributed by atoms with Gasteiger partial charge in [-0.05, 0) is 24.3 Å². The molecule has 0 saturated heterocycles. The van der Waals surface area contributed by atoms with Crippen LogP contribution in [-0.2, 0) is 0 Å². The molecule has 2 aromatic rings. The maximum Gasteiger partial charge on any atom is 0.337 e. The molecule has 0 spiro atoms. The third-order valence-corrected chi connectivity index (χ3v) is 2.93. The minimum absolute atomic E-state index is 0.0574. The van der Waals surface area contributed by atoms with Crippen LogP contribution in [0.3, 0.4) is 0 Å². The van der Waals surface area contributed by atoms with Gasteiger partial charge in [-0.2, -0.15) is 0 Å². The molecule has 2 aromatic carbocycles. The van der Waals surface area contributed by atoms with Crippen molar-refractivity contribution in [2.75, 3.05) is 0 Å². The molecule has 0 aliphatic rings. The lowest BCUT2D eigenvalue weighted by Crippen LogP contribution is -1.97. The van der Waals surface area contributed by atoms with Crippen LogP contribution >= 0.6 is 15.9 Å². The summed E-state index contributed by atoms with van der Waals surface area (Å²) in [5.74, 6) is -1.48. The number of carbonyl (C=O) groups is 1. The molecule has 0 radical (unpaired) electrons. The number of carboxylic acid groups (broad SMARTS) is 1. The maximum absolute atomic E-state index is 13.4. The summed E-state index contributed by atoms with van der Waals surface area (Å²) in [6.07, 6.45) is 1.31. The molecule has 0 unspecified atom stereocenters. The van der Waals surface area contributed by atoms with Gasteiger partial charge in [0.2, 0.25) is 0 Å². The van der Waals surface area contributed by atoms with E-state index in [4.69, 9.17) is 5.11 Å². The molecular formula is C14H9BrFNO2. The number of benzene rings is 2. The van der Waals surface area contributed by atoms with Gasteiger partial charge in [-0.25, -0.2) is 9.18 Å². The smallest absolute Gasteiger partial charge is 0.337 e. The molecule has 0 atom stereocenters. The van der Waals surface area contributed by atoms with E-state index in [1.807, 2.05) is 0 Å². The van der Waals surface area contributed by atoms with Crippen molar-refractivity contribution in [2.45, 2.75) is 0 Å². The number of hydrogen-bond acceptors (Lipinski definition) is 2. The third kappa shape index (κ3) is 3.26. The van der Waals surface area contributed by atoms with Crippen LogP contribution in [0.5, 0.6) is 0 Å². The van der Waals surface area contributed by atoms with Gasteiger partial charge in [-0.1, -0.05) is 34.1 Å². The summed E-state index contributed by atoms with van der Waals surface area (Å²) in [6.45, 7) is 0. The van der Waals surface area contributed by atoms with Gasteiger partial charge in [0.25, 0.3) is 0 Å². The molecule has 0 fully saturated rings. The lowest BCUT2D eigenvalue weighted by atomic mass is 10.2. The van der Waals surface area contributed by atoms with E-state index >= 15 is 0 Å². The van der Waals surface area contributed by atoms with Crippen LogP contribution in [0.15, 0.2) is 51.9 Å². The molecular weight excluding hydrogens is 313 g/mol.